The monoisotopic (exact) mass is 351 g/mol. The van der Waals surface area contributed by atoms with Gasteiger partial charge in [0.15, 0.2) is 0 Å². The topological polar surface area (TPSA) is 62.5 Å². The molecular formula is C22H25NO3. The number of hydrogen-bond acceptors (Lipinski definition) is 4. The van der Waals surface area contributed by atoms with Crippen LogP contribution in [-0.2, 0) is 13.0 Å². The van der Waals surface area contributed by atoms with Gasteiger partial charge in [0.2, 0.25) is 0 Å². The molecule has 4 heteroatoms. The highest BCUT2D eigenvalue weighted by Crippen LogP contribution is 2.22. The molecule has 1 atom stereocenters. The summed E-state index contributed by atoms with van der Waals surface area (Å²) in [7, 11) is 0. The molecule has 2 N–H and O–H groups in total. The molecule has 0 saturated heterocycles. The molecule has 0 aliphatic carbocycles. The molecule has 0 spiro atoms. The molecule has 0 aliphatic rings. The Morgan fingerprint density at radius 2 is 1.77 bits per heavy atom. The average Bonchev–Trinajstić information content (AvgIpc) is 2.59. The molecule has 136 valence electrons. The molecule has 26 heavy (non-hydrogen) atoms. The zero-order valence-corrected chi connectivity index (χ0v) is 15.5. The van der Waals surface area contributed by atoms with Crippen molar-refractivity contribution in [3.8, 4) is 5.75 Å². The number of rotatable bonds is 6. The fourth-order valence-corrected chi connectivity index (χ4v) is 3.16. The summed E-state index contributed by atoms with van der Waals surface area (Å²) in [5.41, 5.74) is 3.41. The third-order valence-electron chi connectivity index (χ3n) is 4.54. The standard InChI is InChI=1S/C22H25NO3/c1-14(2)10-16-4-6-17(7-5-16)15(3)23-13-18-11-22(25)26-21-12-19(24)8-9-20(18)21/h4-9,11-12,14-15,23-24H,10,13H2,1-3H3/t15-/m0/s1. The van der Waals surface area contributed by atoms with E-state index in [9.17, 15) is 9.90 Å². The quantitative estimate of drug-likeness (QED) is 0.640. The van der Waals surface area contributed by atoms with Crippen molar-refractivity contribution in [1.82, 2.24) is 5.32 Å². The molecule has 3 aromatic rings. The maximum Gasteiger partial charge on any atom is 0.336 e. The predicted octanol–water partition coefficient (Wildman–Crippen LogP) is 4.55. The Morgan fingerprint density at radius 1 is 1.04 bits per heavy atom. The first-order valence-electron chi connectivity index (χ1n) is 9.00. The molecule has 0 bridgehead atoms. The van der Waals surface area contributed by atoms with Gasteiger partial charge in [-0.1, -0.05) is 38.1 Å². The summed E-state index contributed by atoms with van der Waals surface area (Å²) in [6.45, 7) is 7.09. The first-order chi connectivity index (χ1) is 12.4. The number of nitrogens with one attached hydrogen (secondary N) is 1. The lowest BCUT2D eigenvalue weighted by Crippen LogP contribution is -2.19. The molecule has 0 unspecified atom stereocenters. The number of phenols is 1. The second-order valence-corrected chi connectivity index (χ2v) is 7.21. The smallest absolute Gasteiger partial charge is 0.336 e. The van der Waals surface area contributed by atoms with E-state index in [1.165, 1.54) is 23.3 Å². The molecule has 3 rings (SSSR count). The second-order valence-electron chi connectivity index (χ2n) is 7.21. The van der Waals surface area contributed by atoms with E-state index in [4.69, 9.17) is 4.42 Å². The van der Waals surface area contributed by atoms with Crippen LogP contribution in [0.4, 0.5) is 0 Å². The van der Waals surface area contributed by atoms with Crippen LogP contribution in [0.2, 0.25) is 0 Å². The van der Waals surface area contributed by atoms with Crippen molar-refractivity contribution in [2.45, 2.75) is 39.8 Å². The molecule has 4 nitrogen and oxygen atoms in total. The number of fused-ring (bicyclic) bond motifs is 1. The maximum atomic E-state index is 11.8. The van der Waals surface area contributed by atoms with Crippen molar-refractivity contribution in [3.05, 3.63) is 75.6 Å². The summed E-state index contributed by atoms with van der Waals surface area (Å²) >= 11 is 0. The van der Waals surface area contributed by atoms with Gasteiger partial charge in [-0.25, -0.2) is 4.79 Å². The van der Waals surface area contributed by atoms with Crippen LogP contribution in [0, 0.1) is 5.92 Å². The van der Waals surface area contributed by atoms with Gasteiger partial charge in [0, 0.05) is 30.1 Å². The van der Waals surface area contributed by atoms with Crippen molar-refractivity contribution < 1.29 is 9.52 Å². The third kappa shape index (κ3) is 4.33. The van der Waals surface area contributed by atoms with E-state index in [-0.39, 0.29) is 11.8 Å². The molecule has 0 radical (unpaired) electrons. The van der Waals surface area contributed by atoms with E-state index in [1.807, 2.05) is 0 Å². The molecule has 1 aromatic heterocycles. The average molecular weight is 351 g/mol. The van der Waals surface area contributed by atoms with E-state index >= 15 is 0 Å². The Bertz CT molecular complexity index is 942. The van der Waals surface area contributed by atoms with Gasteiger partial charge in [0.05, 0.1) is 0 Å². The zero-order chi connectivity index (χ0) is 18.7. The van der Waals surface area contributed by atoms with Gasteiger partial charge < -0.3 is 14.8 Å². The highest BCUT2D eigenvalue weighted by atomic mass is 16.4. The van der Waals surface area contributed by atoms with E-state index in [1.54, 1.807) is 12.1 Å². The Balaban J connectivity index is 1.74. The molecule has 0 amide bonds. The summed E-state index contributed by atoms with van der Waals surface area (Å²) in [6, 6.07) is 15.2. The van der Waals surface area contributed by atoms with Gasteiger partial charge in [-0.15, -0.1) is 0 Å². The van der Waals surface area contributed by atoms with Crippen LogP contribution in [-0.4, -0.2) is 5.11 Å². The summed E-state index contributed by atoms with van der Waals surface area (Å²) in [5, 5.41) is 13.9. The third-order valence-corrected chi connectivity index (χ3v) is 4.54. The Morgan fingerprint density at radius 3 is 2.46 bits per heavy atom. The van der Waals surface area contributed by atoms with Gasteiger partial charge in [-0.3, -0.25) is 0 Å². The largest absolute Gasteiger partial charge is 0.508 e. The Kier molecular flexibility index (Phi) is 5.43. The van der Waals surface area contributed by atoms with E-state index in [0.29, 0.717) is 18.0 Å². The van der Waals surface area contributed by atoms with Crippen molar-refractivity contribution in [2.24, 2.45) is 5.92 Å². The SMILES string of the molecule is CC(C)Cc1ccc([C@H](C)NCc2cc(=O)oc3cc(O)ccc23)cc1. The van der Waals surface area contributed by atoms with Gasteiger partial charge in [-0.05, 0) is 48.1 Å². The number of phenolic OH excluding ortho intramolecular Hbond substituents is 1. The lowest BCUT2D eigenvalue weighted by molar-refractivity contribution is 0.473. The van der Waals surface area contributed by atoms with Crippen LogP contribution < -0.4 is 10.9 Å². The van der Waals surface area contributed by atoms with Crippen LogP contribution in [0.1, 0.15) is 43.5 Å². The molecule has 0 fully saturated rings. The molecule has 1 heterocycles. The molecule has 0 aliphatic heterocycles. The lowest BCUT2D eigenvalue weighted by Gasteiger charge is -2.16. The van der Waals surface area contributed by atoms with E-state index < -0.39 is 5.63 Å². The van der Waals surface area contributed by atoms with Crippen LogP contribution in [0.15, 0.2) is 57.7 Å². The van der Waals surface area contributed by atoms with Crippen LogP contribution in [0.25, 0.3) is 11.0 Å². The molecular weight excluding hydrogens is 326 g/mol. The van der Waals surface area contributed by atoms with Gasteiger partial charge in [-0.2, -0.15) is 0 Å². The van der Waals surface area contributed by atoms with E-state index in [0.717, 1.165) is 17.4 Å². The zero-order valence-electron chi connectivity index (χ0n) is 15.5. The number of benzene rings is 2. The number of hydrogen-bond donors (Lipinski definition) is 2. The first kappa shape index (κ1) is 18.2. The highest BCUT2D eigenvalue weighted by molar-refractivity contribution is 5.81. The minimum Gasteiger partial charge on any atom is -0.508 e. The normalized spacial score (nSPS) is 12.6. The van der Waals surface area contributed by atoms with Gasteiger partial charge in [0.25, 0.3) is 0 Å². The van der Waals surface area contributed by atoms with Crippen molar-refractivity contribution in [2.75, 3.05) is 0 Å². The van der Waals surface area contributed by atoms with Gasteiger partial charge >= 0.3 is 5.63 Å². The lowest BCUT2D eigenvalue weighted by atomic mass is 10.00. The fraction of sp³-hybridized carbons (Fsp3) is 0.318. The summed E-state index contributed by atoms with van der Waals surface area (Å²) < 4.78 is 5.18. The predicted molar refractivity (Wildman–Crippen MR) is 104 cm³/mol. The summed E-state index contributed by atoms with van der Waals surface area (Å²) in [4.78, 5) is 11.8. The Hall–Kier alpha value is -2.59. The fourth-order valence-electron chi connectivity index (χ4n) is 3.16. The Labute approximate surface area is 153 Å². The number of aromatic hydroxyl groups is 1. The highest BCUT2D eigenvalue weighted by Gasteiger charge is 2.10. The van der Waals surface area contributed by atoms with Crippen LogP contribution >= 0.6 is 0 Å². The second kappa shape index (κ2) is 7.75. The van der Waals surface area contributed by atoms with E-state index in [2.05, 4.69) is 50.4 Å². The summed E-state index contributed by atoms with van der Waals surface area (Å²) in [6.07, 6.45) is 1.08. The summed E-state index contributed by atoms with van der Waals surface area (Å²) in [5.74, 6) is 0.731. The molecule has 2 aromatic carbocycles. The van der Waals surface area contributed by atoms with Crippen LogP contribution in [0.5, 0.6) is 5.75 Å². The van der Waals surface area contributed by atoms with Gasteiger partial charge in [0.1, 0.15) is 11.3 Å². The maximum absolute atomic E-state index is 11.8. The minimum atomic E-state index is -0.411. The first-order valence-corrected chi connectivity index (χ1v) is 9.00. The molecule has 0 saturated carbocycles. The minimum absolute atomic E-state index is 0.0839. The van der Waals surface area contributed by atoms with Crippen molar-refractivity contribution in [3.63, 3.8) is 0 Å². The van der Waals surface area contributed by atoms with Crippen molar-refractivity contribution in [1.29, 1.82) is 0 Å². The van der Waals surface area contributed by atoms with Crippen LogP contribution in [0.3, 0.4) is 0 Å². The van der Waals surface area contributed by atoms with Crippen molar-refractivity contribution >= 4 is 11.0 Å².